The van der Waals surface area contributed by atoms with E-state index in [9.17, 15) is 11.7 Å². The summed E-state index contributed by atoms with van der Waals surface area (Å²) in [5, 5.41) is 0. The molecule has 0 saturated heterocycles. The van der Waals surface area contributed by atoms with Crippen LogP contribution in [0.25, 0.3) is 0 Å². The van der Waals surface area contributed by atoms with Crippen LogP contribution in [0.3, 0.4) is 0 Å². The second-order valence-corrected chi connectivity index (χ2v) is 14.5. The van der Waals surface area contributed by atoms with Gasteiger partial charge in [-0.15, -0.1) is 0 Å². The van der Waals surface area contributed by atoms with Gasteiger partial charge in [-0.25, -0.2) is 0 Å². The molecule has 1 unspecified atom stereocenters. The van der Waals surface area contributed by atoms with Gasteiger partial charge in [-0.1, -0.05) is 13.3 Å². The Morgan fingerprint density at radius 1 is 0.828 bits per heavy atom. The zero-order chi connectivity index (χ0) is 21.6. The molecule has 0 N–H and O–H groups in total. The second kappa shape index (κ2) is 14.6. The Balaban J connectivity index is 2.28. The van der Waals surface area contributed by atoms with Gasteiger partial charge in [-0.3, -0.25) is 0 Å². The molecule has 0 aliphatic rings. The van der Waals surface area contributed by atoms with Crippen LogP contribution in [0.5, 0.6) is 0 Å². The van der Waals surface area contributed by atoms with Crippen LogP contribution >= 0.6 is 0 Å². The molecule has 0 aliphatic heterocycles. The molecule has 5 nitrogen and oxygen atoms in total. The molecule has 1 rings (SSSR count). The maximum absolute atomic E-state index is 13.0. The minimum atomic E-state index is -4.66. The first kappa shape index (κ1) is 26.6. The van der Waals surface area contributed by atoms with Crippen LogP contribution in [0.15, 0.2) is 35.2 Å². The van der Waals surface area contributed by atoms with Crippen molar-refractivity contribution >= 4 is 10.1 Å². The van der Waals surface area contributed by atoms with Gasteiger partial charge in [0.25, 0.3) is 0 Å². The zero-order valence-electron chi connectivity index (χ0n) is 18.4. The number of hydrogen-bond donors (Lipinski definition) is 0. The molecule has 167 valence electrons. The molecule has 0 spiro atoms. The second-order valence-electron chi connectivity index (χ2n) is 7.99. The summed E-state index contributed by atoms with van der Waals surface area (Å²) in [4.78, 5) is 0.00444. The van der Waals surface area contributed by atoms with Crippen LogP contribution < -0.4 is 0 Å². The first-order valence-electron chi connectivity index (χ1n) is 11.2. The number of benzene rings is 1. The van der Waals surface area contributed by atoms with Gasteiger partial charge in [0.1, 0.15) is 0 Å². The molecular weight excluding hydrogens is 424 g/mol. The molecule has 29 heavy (non-hydrogen) atoms. The van der Waals surface area contributed by atoms with Gasteiger partial charge in [-0.2, -0.15) is 0 Å². The molecule has 1 atom stereocenters. The quantitative estimate of drug-likeness (QED) is 0.186. The number of unbranched alkanes of at least 4 members (excludes halogenated alkanes) is 10. The summed E-state index contributed by atoms with van der Waals surface area (Å²) in [6.07, 6.45) is 13.3. The molecule has 1 aromatic rings. The van der Waals surface area contributed by atoms with Crippen molar-refractivity contribution in [2.24, 2.45) is 0 Å². The van der Waals surface area contributed by atoms with E-state index in [1.54, 1.807) is 32.0 Å². The fraction of sp³-hybridized carbons (Fsp3) is 0.727. The molecule has 0 fully saturated rings. The van der Waals surface area contributed by atoms with Gasteiger partial charge >= 0.3 is 169 Å². The molecule has 0 aliphatic carbocycles. The summed E-state index contributed by atoms with van der Waals surface area (Å²) in [6, 6.07) is 7.80. The Morgan fingerprint density at radius 3 is 1.79 bits per heavy atom. The topological polar surface area (TPSA) is 69.7 Å². The predicted molar refractivity (Wildman–Crippen MR) is 113 cm³/mol. The standard InChI is InChI=1S/C13H27O.C6H6O3S.C3H7.O.Ti/c1-2-3-4-5-6-7-8-9-10-11-12-13-14;7-10(8,9)6-4-2-1-3-5-6;1-3-2;;/h2-13H2,1H3;1-5H,(H,7,8,9);3H,1-2H3;;/q-1;;;;+2/p-1. The van der Waals surface area contributed by atoms with E-state index in [1.807, 2.05) is 0 Å². The van der Waals surface area contributed by atoms with Crippen LogP contribution in [0, 0.1) is 0 Å². The molecule has 0 bridgehead atoms. The zero-order valence-corrected chi connectivity index (χ0v) is 20.8. The summed E-state index contributed by atoms with van der Waals surface area (Å²) in [5.74, 6) is 0. The average Bonchev–Trinajstić information content (AvgIpc) is 2.69. The van der Waals surface area contributed by atoms with Crippen LogP contribution in [0.2, 0.25) is 4.22 Å². The molecule has 0 radical (unpaired) electrons. The minimum absolute atomic E-state index is 0.00444. The molecule has 0 saturated carbocycles. The van der Waals surface area contributed by atoms with Crippen LogP contribution in [-0.4, -0.2) is 15.0 Å². The van der Waals surface area contributed by atoms with E-state index in [-0.39, 0.29) is 11.5 Å². The van der Waals surface area contributed by atoms with Gasteiger partial charge < -0.3 is 0 Å². The van der Waals surface area contributed by atoms with Gasteiger partial charge in [0.05, 0.1) is 0 Å². The van der Waals surface area contributed by atoms with E-state index < -0.39 is 31.7 Å². The van der Waals surface area contributed by atoms with Crippen molar-refractivity contribution in [2.75, 3.05) is 6.61 Å². The van der Waals surface area contributed by atoms with E-state index in [0.29, 0.717) is 0 Å². The van der Waals surface area contributed by atoms with E-state index in [1.165, 1.54) is 63.5 Å². The van der Waals surface area contributed by atoms with E-state index >= 15 is 0 Å². The Morgan fingerprint density at radius 2 is 1.31 bits per heavy atom. The van der Waals surface area contributed by atoms with Crippen LogP contribution in [0.4, 0.5) is 0 Å². The fourth-order valence-corrected chi connectivity index (χ4v) is 8.39. The average molecular weight is 463 g/mol. The third-order valence-electron chi connectivity index (χ3n) is 5.02. The molecule has 0 aromatic heterocycles. The molecule has 1 aromatic carbocycles. The first-order chi connectivity index (χ1) is 13.8. The van der Waals surface area contributed by atoms with E-state index in [2.05, 4.69) is 6.92 Å². The molecule has 7 heteroatoms. The monoisotopic (exact) mass is 463 g/mol. The van der Waals surface area contributed by atoms with Gasteiger partial charge in [0.2, 0.25) is 0 Å². The third kappa shape index (κ3) is 11.0. The van der Waals surface area contributed by atoms with Crippen molar-refractivity contribution in [3.63, 3.8) is 0 Å². The van der Waals surface area contributed by atoms with E-state index in [4.69, 9.17) is 6.08 Å². The van der Waals surface area contributed by atoms with Crippen molar-refractivity contribution in [1.29, 1.82) is 0 Å². The van der Waals surface area contributed by atoms with E-state index in [0.717, 1.165) is 19.3 Å². The fourth-order valence-electron chi connectivity index (χ4n) is 3.06. The summed E-state index contributed by atoms with van der Waals surface area (Å²) in [6.45, 7) is 5.89. The predicted octanol–water partition coefficient (Wildman–Crippen LogP) is 6.88. The SMILES string of the molecule is CCCCCCCCCCCCC[O][Ti](=[O])([O]S(=O)(=O)c1ccccc1)[CH](C)C. The molecular formula is C22H39O5STi. The van der Waals surface area contributed by atoms with Crippen LogP contribution in [0.1, 0.15) is 91.4 Å². The first-order valence-corrected chi connectivity index (χ1v) is 15.4. The Kier molecular flexibility index (Phi) is 13.4. The van der Waals surface area contributed by atoms with Gasteiger partial charge in [0, 0.05) is 0 Å². The molecule has 0 heterocycles. The number of rotatable bonds is 17. The summed E-state index contributed by atoms with van der Waals surface area (Å²) in [7, 11) is -4.08. The normalized spacial score (nSPS) is 14.2. The maximum atomic E-state index is 13.0. The summed E-state index contributed by atoms with van der Waals surface area (Å²) in [5.41, 5.74) is 0. The molecule has 0 amide bonds. The van der Waals surface area contributed by atoms with Crippen molar-refractivity contribution in [3.8, 4) is 0 Å². The third-order valence-corrected chi connectivity index (χ3v) is 11.6. The summed E-state index contributed by atoms with van der Waals surface area (Å²) < 4.78 is 48.1. The Labute approximate surface area is 182 Å². The Bertz CT molecular complexity index is 688. The van der Waals surface area contributed by atoms with Gasteiger partial charge in [-0.05, 0) is 0 Å². The summed E-state index contributed by atoms with van der Waals surface area (Å²) >= 11 is -4.66. The Hall–Kier alpha value is -0.396. The van der Waals surface area contributed by atoms with Crippen LogP contribution in [-0.2, 0) is 36.9 Å². The number of hydrogen-bond acceptors (Lipinski definition) is 5. The van der Waals surface area contributed by atoms with Gasteiger partial charge in [0.15, 0.2) is 0 Å². The van der Waals surface area contributed by atoms with Crippen molar-refractivity contribution in [3.05, 3.63) is 30.3 Å². The van der Waals surface area contributed by atoms with Crippen molar-refractivity contribution < 1.29 is 35.2 Å². The van der Waals surface area contributed by atoms with Crippen molar-refractivity contribution in [1.82, 2.24) is 0 Å². The van der Waals surface area contributed by atoms with Crippen molar-refractivity contribution in [2.45, 2.75) is 101 Å².